The number of carbonyl (C=O) groups is 1. The topological polar surface area (TPSA) is 75.7 Å². The van der Waals surface area contributed by atoms with Gasteiger partial charge in [0.2, 0.25) is 0 Å². The molecule has 0 aliphatic carbocycles. The molecule has 0 radical (unpaired) electrons. The Hall–Kier alpha value is -3.32. The fourth-order valence-electron chi connectivity index (χ4n) is 2.81. The number of para-hydroxylation sites is 1. The molecular formula is C23H24N2O4S. The van der Waals surface area contributed by atoms with Crippen LogP contribution in [0.15, 0.2) is 83.8 Å². The van der Waals surface area contributed by atoms with Gasteiger partial charge in [0.15, 0.2) is 6.61 Å². The van der Waals surface area contributed by atoms with Gasteiger partial charge in [-0.2, -0.15) is 0 Å². The average Bonchev–Trinajstić information content (AvgIpc) is 2.74. The molecular weight excluding hydrogens is 400 g/mol. The number of rotatable bonds is 8. The lowest BCUT2D eigenvalue weighted by Crippen LogP contribution is -2.30. The SMILES string of the molecule is Cc1ccccc1NS(=O)(=O)c1ccc(OCC(=O)N(C)Cc2ccccc2)cc1. The molecule has 0 saturated carbocycles. The summed E-state index contributed by atoms with van der Waals surface area (Å²) >= 11 is 0. The molecule has 0 aliphatic rings. The number of amides is 1. The van der Waals surface area contributed by atoms with Crippen LogP contribution in [-0.4, -0.2) is 32.9 Å². The summed E-state index contributed by atoms with van der Waals surface area (Å²) in [4.78, 5) is 14.0. The van der Waals surface area contributed by atoms with Crippen LogP contribution in [0.25, 0.3) is 0 Å². The molecule has 0 bridgehead atoms. The van der Waals surface area contributed by atoms with Crippen molar-refractivity contribution >= 4 is 21.6 Å². The van der Waals surface area contributed by atoms with Crippen molar-refractivity contribution in [1.29, 1.82) is 0 Å². The van der Waals surface area contributed by atoms with Crippen LogP contribution in [0, 0.1) is 6.92 Å². The van der Waals surface area contributed by atoms with E-state index in [0.29, 0.717) is 18.0 Å². The molecule has 0 unspecified atom stereocenters. The van der Waals surface area contributed by atoms with Crippen molar-refractivity contribution in [1.82, 2.24) is 4.90 Å². The summed E-state index contributed by atoms with van der Waals surface area (Å²) in [6.07, 6.45) is 0. The van der Waals surface area contributed by atoms with Gasteiger partial charge in [-0.1, -0.05) is 48.5 Å². The van der Waals surface area contributed by atoms with Crippen LogP contribution in [0.4, 0.5) is 5.69 Å². The van der Waals surface area contributed by atoms with Crippen molar-refractivity contribution in [2.45, 2.75) is 18.4 Å². The van der Waals surface area contributed by atoms with Gasteiger partial charge in [0.1, 0.15) is 5.75 Å². The first kappa shape index (κ1) is 21.4. The molecule has 0 spiro atoms. The molecule has 0 aromatic heterocycles. The number of hydrogen-bond donors (Lipinski definition) is 1. The van der Waals surface area contributed by atoms with E-state index in [1.54, 1.807) is 24.1 Å². The van der Waals surface area contributed by atoms with Crippen LogP contribution in [0.1, 0.15) is 11.1 Å². The van der Waals surface area contributed by atoms with E-state index in [9.17, 15) is 13.2 Å². The molecule has 0 atom stereocenters. The lowest BCUT2D eigenvalue weighted by Gasteiger charge is -2.17. The molecule has 6 nitrogen and oxygen atoms in total. The van der Waals surface area contributed by atoms with E-state index in [0.717, 1.165) is 11.1 Å². The van der Waals surface area contributed by atoms with Gasteiger partial charge in [-0.3, -0.25) is 9.52 Å². The Morgan fingerprint density at radius 1 is 0.933 bits per heavy atom. The molecule has 0 aliphatic heterocycles. The third-order valence-corrected chi connectivity index (χ3v) is 5.96. The second kappa shape index (κ2) is 9.45. The minimum absolute atomic E-state index is 0.116. The third kappa shape index (κ3) is 5.61. The molecule has 1 amide bonds. The van der Waals surface area contributed by atoms with E-state index in [-0.39, 0.29) is 17.4 Å². The summed E-state index contributed by atoms with van der Waals surface area (Å²) < 4.78 is 33.3. The molecule has 3 aromatic carbocycles. The van der Waals surface area contributed by atoms with Gasteiger partial charge in [-0.25, -0.2) is 8.42 Å². The lowest BCUT2D eigenvalue weighted by atomic mass is 10.2. The monoisotopic (exact) mass is 424 g/mol. The van der Waals surface area contributed by atoms with Crippen LogP contribution < -0.4 is 9.46 Å². The van der Waals surface area contributed by atoms with Crippen molar-refractivity contribution in [3.05, 3.63) is 90.0 Å². The number of likely N-dealkylation sites (N-methyl/N-ethyl adjacent to an activating group) is 1. The smallest absolute Gasteiger partial charge is 0.261 e. The summed E-state index contributed by atoms with van der Waals surface area (Å²) in [7, 11) is -2.00. The van der Waals surface area contributed by atoms with Crippen LogP contribution in [-0.2, 0) is 21.4 Å². The van der Waals surface area contributed by atoms with E-state index >= 15 is 0 Å². The summed E-state index contributed by atoms with van der Waals surface area (Å²) in [5.41, 5.74) is 2.40. The quantitative estimate of drug-likeness (QED) is 0.596. The Balaban J connectivity index is 1.57. The maximum absolute atomic E-state index is 12.6. The first-order valence-electron chi connectivity index (χ1n) is 9.44. The number of benzene rings is 3. The summed E-state index contributed by atoms with van der Waals surface area (Å²) in [5, 5.41) is 0. The molecule has 7 heteroatoms. The highest BCUT2D eigenvalue weighted by Gasteiger charge is 2.16. The van der Waals surface area contributed by atoms with E-state index in [4.69, 9.17) is 4.74 Å². The standard InChI is InChI=1S/C23H24N2O4S/c1-18-8-6-7-11-22(18)24-30(27,28)21-14-12-20(13-15-21)29-17-23(26)25(2)16-19-9-4-3-5-10-19/h3-15,24H,16-17H2,1-2H3. The van der Waals surface area contributed by atoms with Gasteiger partial charge >= 0.3 is 0 Å². The number of sulfonamides is 1. The maximum Gasteiger partial charge on any atom is 0.261 e. The second-order valence-electron chi connectivity index (χ2n) is 6.92. The molecule has 3 rings (SSSR count). The fraction of sp³-hybridized carbons (Fsp3) is 0.174. The molecule has 0 saturated heterocycles. The number of aryl methyl sites for hydroxylation is 1. The number of ether oxygens (including phenoxy) is 1. The van der Waals surface area contributed by atoms with Gasteiger partial charge in [-0.05, 0) is 48.4 Å². The molecule has 30 heavy (non-hydrogen) atoms. The van der Waals surface area contributed by atoms with E-state index in [1.165, 1.54) is 24.3 Å². The van der Waals surface area contributed by atoms with Crippen molar-refractivity contribution in [3.63, 3.8) is 0 Å². The van der Waals surface area contributed by atoms with Gasteiger partial charge < -0.3 is 9.64 Å². The highest BCUT2D eigenvalue weighted by molar-refractivity contribution is 7.92. The highest BCUT2D eigenvalue weighted by atomic mass is 32.2. The Bertz CT molecular complexity index is 1100. The minimum atomic E-state index is -3.71. The Kier molecular flexibility index (Phi) is 6.74. The molecule has 1 N–H and O–H groups in total. The zero-order valence-electron chi connectivity index (χ0n) is 16.9. The van der Waals surface area contributed by atoms with E-state index < -0.39 is 10.0 Å². The zero-order valence-corrected chi connectivity index (χ0v) is 17.7. The molecule has 156 valence electrons. The lowest BCUT2D eigenvalue weighted by molar-refractivity contribution is -0.132. The van der Waals surface area contributed by atoms with E-state index in [1.807, 2.05) is 49.4 Å². The minimum Gasteiger partial charge on any atom is -0.484 e. The Morgan fingerprint density at radius 2 is 1.57 bits per heavy atom. The van der Waals surface area contributed by atoms with Gasteiger partial charge in [0.05, 0.1) is 10.6 Å². The van der Waals surface area contributed by atoms with Crippen LogP contribution >= 0.6 is 0 Å². The predicted molar refractivity (Wildman–Crippen MR) is 117 cm³/mol. The largest absolute Gasteiger partial charge is 0.484 e. The van der Waals surface area contributed by atoms with Crippen molar-refractivity contribution in [3.8, 4) is 5.75 Å². The van der Waals surface area contributed by atoms with E-state index in [2.05, 4.69) is 4.72 Å². The zero-order chi connectivity index (χ0) is 21.6. The second-order valence-corrected chi connectivity index (χ2v) is 8.60. The molecule has 0 fully saturated rings. The number of nitrogens with one attached hydrogen (secondary N) is 1. The van der Waals surface area contributed by atoms with Crippen LogP contribution in [0.5, 0.6) is 5.75 Å². The predicted octanol–water partition coefficient (Wildman–Crippen LogP) is 3.83. The maximum atomic E-state index is 12.6. The normalized spacial score (nSPS) is 11.0. The molecule has 0 heterocycles. The van der Waals surface area contributed by atoms with Gasteiger partial charge in [0, 0.05) is 13.6 Å². The third-order valence-electron chi connectivity index (χ3n) is 4.57. The Morgan fingerprint density at radius 3 is 2.23 bits per heavy atom. The van der Waals surface area contributed by atoms with Crippen LogP contribution in [0.2, 0.25) is 0 Å². The fourth-order valence-corrected chi connectivity index (χ4v) is 3.94. The summed E-state index contributed by atoms with van der Waals surface area (Å²) in [6.45, 7) is 2.20. The van der Waals surface area contributed by atoms with Crippen molar-refractivity contribution in [2.75, 3.05) is 18.4 Å². The summed E-state index contributed by atoms with van der Waals surface area (Å²) in [6, 6.07) is 22.8. The Labute approximate surface area is 177 Å². The highest BCUT2D eigenvalue weighted by Crippen LogP contribution is 2.21. The first-order valence-corrected chi connectivity index (χ1v) is 10.9. The number of hydrogen-bond acceptors (Lipinski definition) is 4. The summed E-state index contributed by atoms with van der Waals surface area (Å²) in [5.74, 6) is 0.253. The number of anilines is 1. The number of nitrogens with zero attached hydrogens (tertiary/aromatic N) is 1. The first-order chi connectivity index (χ1) is 14.3. The molecule has 3 aromatic rings. The van der Waals surface area contributed by atoms with Crippen molar-refractivity contribution in [2.24, 2.45) is 0 Å². The average molecular weight is 425 g/mol. The van der Waals surface area contributed by atoms with Gasteiger partial charge in [-0.15, -0.1) is 0 Å². The van der Waals surface area contributed by atoms with Gasteiger partial charge in [0.25, 0.3) is 15.9 Å². The van der Waals surface area contributed by atoms with Crippen LogP contribution in [0.3, 0.4) is 0 Å². The van der Waals surface area contributed by atoms with Crippen molar-refractivity contribution < 1.29 is 17.9 Å². The number of carbonyl (C=O) groups excluding carboxylic acids is 1.